The van der Waals surface area contributed by atoms with Gasteiger partial charge in [-0.25, -0.2) is 4.98 Å². The first-order valence-corrected chi connectivity index (χ1v) is 8.68. The molecule has 128 valence electrons. The topological polar surface area (TPSA) is 94.7 Å². The van der Waals surface area contributed by atoms with Gasteiger partial charge in [0.05, 0.1) is 18.2 Å². The van der Waals surface area contributed by atoms with Crippen LogP contribution in [0.1, 0.15) is 28.5 Å². The highest BCUT2D eigenvalue weighted by Gasteiger charge is 2.21. The third kappa shape index (κ3) is 5.50. The van der Waals surface area contributed by atoms with Crippen LogP contribution in [0.25, 0.3) is 10.4 Å². The van der Waals surface area contributed by atoms with Gasteiger partial charge in [0.1, 0.15) is 11.1 Å². The number of benzene rings is 1. The quantitative estimate of drug-likeness (QED) is 0.294. The second-order valence-electron chi connectivity index (χ2n) is 5.48. The van der Waals surface area contributed by atoms with Gasteiger partial charge in [0.15, 0.2) is 0 Å². The van der Waals surface area contributed by atoms with Crippen molar-refractivity contribution in [2.24, 2.45) is 5.11 Å². The number of rotatable bonds is 8. The highest BCUT2D eigenvalue weighted by Crippen LogP contribution is 2.39. The van der Waals surface area contributed by atoms with Crippen LogP contribution in [-0.4, -0.2) is 24.7 Å². The lowest BCUT2D eigenvalue weighted by Gasteiger charge is -2.20. The predicted octanol–water partition coefficient (Wildman–Crippen LogP) is 4.81. The van der Waals surface area contributed by atoms with Gasteiger partial charge in [0, 0.05) is 23.0 Å². The first-order chi connectivity index (χ1) is 12.2. The molecule has 0 amide bonds. The molecule has 0 saturated heterocycles. The van der Waals surface area contributed by atoms with E-state index in [0.29, 0.717) is 23.6 Å². The summed E-state index contributed by atoms with van der Waals surface area (Å²) in [6.45, 7) is 2.25. The second-order valence-corrected chi connectivity index (χ2v) is 6.68. The SMILES string of the molecule is COCC(CC(Sc1nc(C)ccc1C#N)c1ccccc1)N=[N+]=[N-]. The maximum Gasteiger partial charge on any atom is 0.115 e. The fraction of sp³-hybridized carbons (Fsp3) is 0.333. The molecule has 2 rings (SSSR count). The predicted molar refractivity (Wildman–Crippen MR) is 98.2 cm³/mol. The van der Waals surface area contributed by atoms with Crippen LogP contribution in [0.2, 0.25) is 0 Å². The number of aryl methyl sites for hydroxylation is 1. The zero-order valence-electron chi connectivity index (χ0n) is 14.2. The molecule has 2 aromatic rings. The normalized spacial score (nSPS) is 12.7. The smallest absolute Gasteiger partial charge is 0.115 e. The van der Waals surface area contributed by atoms with E-state index in [0.717, 1.165) is 11.3 Å². The van der Waals surface area contributed by atoms with Crippen molar-refractivity contribution in [2.45, 2.75) is 29.7 Å². The van der Waals surface area contributed by atoms with Gasteiger partial charge in [-0.1, -0.05) is 47.2 Å². The fourth-order valence-corrected chi connectivity index (χ4v) is 3.74. The van der Waals surface area contributed by atoms with E-state index in [2.05, 4.69) is 21.1 Å². The maximum absolute atomic E-state index is 9.35. The summed E-state index contributed by atoms with van der Waals surface area (Å²) >= 11 is 1.51. The molecule has 0 N–H and O–H groups in total. The van der Waals surface area contributed by atoms with Gasteiger partial charge in [-0.15, -0.1) is 0 Å². The highest BCUT2D eigenvalue weighted by molar-refractivity contribution is 7.99. The molecule has 6 nitrogen and oxygen atoms in total. The van der Waals surface area contributed by atoms with Crippen LogP contribution in [0.4, 0.5) is 0 Å². The van der Waals surface area contributed by atoms with Crippen LogP contribution in [0.3, 0.4) is 0 Å². The zero-order valence-corrected chi connectivity index (χ0v) is 15.0. The molecule has 0 aliphatic carbocycles. The number of nitriles is 1. The molecule has 1 heterocycles. The molecule has 7 heteroatoms. The summed E-state index contributed by atoms with van der Waals surface area (Å²) in [5, 5.41) is 13.9. The first kappa shape index (κ1) is 18.8. The van der Waals surface area contributed by atoms with Crippen LogP contribution in [0.15, 0.2) is 52.6 Å². The number of aromatic nitrogens is 1. The number of azide groups is 1. The van der Waals surface area contributed by atoms with Crippen molar-refractivity contribution in [1.29, 1.82) is 5.26 Å². The average molecular weight is 353 g/mol. The minimum atomic E-state index is -0.289. The van der Waals surface area contributed by atoms with Crippen molar-refractivity contribution in [3.63, 3.8) is 0 Å². The highest BCUT2D eigenvalue weighted by atomic mass is 32.2. The van der Waals surface area contributed by atoms with Gasteiger partial charge in [-0.2, -0.15) is 5.26 Å². The summed E-state index contributed by atoms with van der Waals surface area (Å²) in [6.07, 6.45) is 0.590. The lowest BCUT2D eigenvalue weighted by atomic mass is 10.1. The third-order valence-corrected chi connectivity index (χ3v) is 4.89. The number of methoxy groups -OCH3 is 1. The Morgan fingerprint density at radius 3 is 2.72 bits per heavy atom. The number of hydrogen-bond acceptors (Lipinski definition) is 5. The Morgan fingerprint density at radius 2 is 2.08 bits per heavy atom. The van der Waals surface area contributed by atoms with Crippen molar-refractivity contribution >= 4 is 11.8 Å². The molecule has 0 bridgehead atoms. The molecule has 0 aliphatic rings. The Balaban J connectivity index is 2.34. The van der Waals surface area contributed by atoms with E-state index in [-0.39, 0.29) is 11.3 Å². The van der Waals surface area contributed by atoms with E-state index in [9.17, 15) is 5.26 Å². The van der Waals surface area contributed by atoms with E-state index in [4.69, 9.17) is 10.3 Å². The molecule has 1 aromatic heterocycles. The van der Waals surface area contributed by atoms with Crippen molar-refractivity contribution in [1.82, 2.24) is 4.98 Å². The van der Waals surface area contributed by atoms with E-state index in [1.807, 2.05) is 43.3 Å². The van der Waals surface area contributed by atoms with E-state index >= 15 is 0 Å². The second kappa shape index (κ2) is 9.70. The molecule has 2 atom stereocenters. The van der Waals surface area contributed by atoms with E-state index in [1.165, 1.54) is 11.8 Å². The summed E-state index contributed by atoms with van der Waals surface area (Å²) in [6, 6.07) is 15.5. The molecule has 0 fully saturated rings. The van der Waals surface area contributed by atoms with E-state index in [1.54, 1.807) is 13.2 Å². The molecule has 0 radical (unpaired) electrons. The van der Waals surface area contributed by atoms with Gasteiger partial charge >= 0.3 is 0 Å². The number of ether oxygens (including phenoxy) is 1. The van der Waals surface area contributed by atoms with Crippen LogP contribution in [0.5, 0.6) is 0 Å². The molecule has 2 unspecified atom stereocenters. The minimum Gasteiger partial charge on any atom is -0.384 e. The van der Waals surface area contributed by atoms with Crippen LogP contribution >= 0.6 is 11.8 Å². The average Bonchev–Trinajstić information content (AvgIpc) is 2.62. The fourth-order valence-electron chi connectivity index (χ4n) is 2.42. The number of pyridine rings is 1. The largest absolute Gasteiger partial charge is 0.384 e. The lowest BCUT2D eigenvalue weighted by Crippen LogP contribution is -2.15. The molecular weight excluding hydrogens is 334 g/mol. The van der Waals surface area contributed by atoms with Gasteiger partial charge < -0.3 is 4.74 Å². The molecule has 1 aromatic carbocycles. The minimum absolute atomic E-state index is 0.00625. The Labute approximate surface area is 151 Å². The molecular formula is C18H19N5OS. The van der Waals surface area contributed by atoms with Gasteiger partial charge in [-0.3, -0.25) is 0 Å². The molecule has 25 heavy (non-hydrogen) atoms. The summed E-state index contributed by atoms with van der Waals surface area (Å²) in [7, 11) is 1.58. The number of thioether (sulfide) groups is 1. The van der Waals surface area contributed by atoms with Crippen molar-refractivity contribution in [2.75, 3.05) is 13.7 Å². The number of hydrogen-bond donors (Lipinski definition) is 0. The summed E-state index contributed by atoms with van der Waals surface area (Å²) in [5.74, 6) is 0. The molecule has 0 aliphatic heterocycles. The Hall–Kier alpha value is -2.52. The van der Waals surface area contributed by atoms with Gasteiger partial charge in [0.25, 0.3) is 0 Å². The Bertz CT molecular complexity index is 784. The van der Waals surface area contributed by atoms with Crippen molar-refractivity contribution < 1.29 is 4.74 Å². The summed E-state index contributed by atoms with van der Waals surface area (Å²) in [4.78, 5) is 7.44. The number of nitrogens with zero attached hydrogens (tertiary/aromatic N) is 5. The standard InChI is InChI=1S/C18H19N5OS/c1-13-8-9-15(11-19)18(21-13)25-17(14-6-4-3-5-7-14)10-16(12-24-2)22-23-20/h3-9,16-17H,10,12H2,1-2H3. The first-order valence-electron chi connectivity index (χ1n) is 7.80. The zero-order chi connectivity index (χ0) is 18.1. The van der Waals surface area contributed by atoms with Crippen molar-refractivity contribution in [3.05, 3.63) is 69.7 Å². The molecule has 0 saturated carbocycles. The third-order valence-electron chi connectivity index (χ3n) is 3.61. The van der Waals surface area contributed by atoms with Crippen molar-refractivity contribution in [3.8, 4) is 6.07 Å². The Kier molecular flexibility index (Phi) is 7.30. The summed E-state index contributed by atoms with van der Waals surface area (Å²) < 4.78 is 5.17. The van der Waals surface area contributed by atoms with Gasteiger partial charge in [0.2, 0.25) is 0 Å². The summed E-state index contributed by atoms with van der Waals surface area (Å²) in [5.41, 5.74) is 11.3. The van der Waals surface area contributed by atoms with Crippen LogP contribution < -0.4 is 0 Å². The monoisotopic (exact) mass is 353 g/mol. The van der Waals surface area contributed by atoms with Gasteiger partial charge in [-0.05, 0) is 36.6 Å². The molecule has 0 spiro atoms. The van der Waals surface area contributed by atoms with Crippen LogP contribution in [-0.2, 0) is 4.74 Å². The lowest BCUT2D eigenvalue weighted by molar-refractivity contribution is 0.177. The van der Waals surface area contributed by atoms with Crippen LogP contribution in [0, 0.1) is 18.3 Å². The van der Waals surface area contributed by atoms with E-state index < -0.39 is 0 Å². The maximum atomic E-state index is 9.35. The Morgan fingerprint density at radius 1 is 1.32 bits per heavy atom.